The standard InChI is InChI=1S/C8H12ClNOS/c1-6(10)4-12-5-7-2-3-8(9)11-7/h2-3,6H,4-5,10H2,1H3. The second-order valence-electron chi connectivity index (χ2n) is 2.70. The maximum absolute atomic E-state index is 5.60. The lowest BCUT2D eigenvalue weighted by Crippen LogP contribution is -2.17. The lowest BCUT2D eigenvalue weighted by Gasteiger charge is -2.01. The molecule has 1 unspecified atom stereocenters. The van der Waals surface area contributed by atoms with Gasteiger partial charge in [-0.15, -0.1) is 0 Å². The van der Waals surface area contributed by atoms with Gasteiger partial charge in [-0.25, -0.2) is 0 Å². The molecule has 12 heavy (non-hydrogen) atoms. The van der Waals surface area contributed by atoms with Crippen molar-refractivity contribution in [1.82, 2.24) is 0 Å². The van der Waals surface area contributed by atoms with E-state index in [1.807, 2.05) is 13.0 Å². The highest BCUT2D eigenvalue weighted by molar-refractivity contribution is 7.98. The fourth-order valence-corrected chi connectivity index (χ4v) is 1.78. The zero-order valence-corrected chi connectivity index (χ0v) is 8.49. The molecule has 0 saturated carbocycles. The van der Waals surface area contributed by atoms with Gasteiger partial charge in [-0.3, -0.25) is 0 Å². The molecule has 0 saturated heterocycles. The van der Waals surface area contributed by atoms with Crippen LogP contribution in [0.4, 0.5) is 0 Å². The molecule has 0 aliphatic carbocycles. The van der Waals surface area contributed by atoms with Crippen LogP contribution in [-0.4, -0.2) is 11.8 Å². The summed E-state index contributed by atoms with van der Waals surface area (Å²) in [5.41, 5.74) is 5.58. The van der Waals surface area contributed by atoms with Gasteiger partial charge in [-0.2, -0.15) is 11.8 Å². The van der Waals surface area contributed by atoms with Gasteiger partial charge in [0.1, 0.15) is 5.76 Å². The Morgan fingerprint density at radius 3 is 2.92 bits per heavy atom. The van der Waals surface area contributed by atoms with E-state index in [1.165, 1.54) is 0 Å². The van der Waals surface area contributed by atoms with Gasteiger partial charge in [-0.1, -0.05) is 0 Å². The van der Waals surface area contributed by atoms with Crippen molar-refractivity contribution < 1.29 is 4.42 Å². The molecule has 1 aromatic rings. The Kier molecular flexibility index (Phi) is 3.98. The number of nitrogens with two attached hydrogens (primary N) is 1. The molecule has 1 rings (SSSR count). The van der Waals surface area contributed by atoms with Crippen molar-refractivity contribution in [3.05, 3.63) is 23.1 Å². The van der Waals surface area contributed by atoms with Crippen LogP contribution < -0.4 is 5.73 Å². The van der Waals surface area contributed by atoms with Gasteiger partial charge < -0.3 is 10.2 Å². The maximum Gasteiger partial charge on any atom is 0.193 e. The van der Waals surface area contributed by atoms with E-state index in [0.29, 0.717) is 5.22 Å². The molecule has 0 amide bonds. The van der Waals surface area contributed by atoms with Crippen molar-refractivity contribution in [3.8, 4) is 0 Å². The average molecular weight is 206 g/mol. The number of furan rings is 1. The molecule has 0 aliphatic heterocycles. The Bertz CT molecular complexity index is 237. The molecule has 68 valence electrons. The van der Waals surface area contributed by atoms with Crippen molar-refractivity contribution in [1.29, 1.82) is 0 Å². The molecular weight excluding hydrogens is 194 g/mol. The van der Waals surface area contributed by atoms with E-state index in [-0.39, 0.29) is 6.04 Å². The SMILES string of the molecule is CC(N)CSCc1ccc(Cl)o1. The number of rotatable bonds is 4. The Labute approximate surface area is 81.5 Å². The van der Waals surface area contributed by atoms with E-state index in [1.54, 1.807) is 17.8 Å². The minimum atomic E-state index is 0.237. The predicted octanol–water partition coefficient (Wildman–Crippen LogP) is 2.51. The summed E-state index contributed by atoms with van der Waals surface area (Å²) in [6.07, 6.45) is 0. The predicted molar refractivity (Wildman–Crippen MR) is 53.5 cm³/mol. The number of hydrogen-bond acceptors (Lipinski definition) is 3. The van der Waals surface area contributed by atoms with Crippen LogP contribution in [-0.2, 0) is 5.75 Å². The van der Waals surface area contributed by atoms with Gasteiger partial charge in [0.25, 0.3) is 0 Å². The fraction of sp³-hybridized carbons (Fsp3) is 0.500. The minimum absolute atomic E-state index is 0.237. The molecule has 1 heterocycles. The second-order valence-corrected chi connectivity index (χ2v) is 4.10. The van der Waals surface area contributed by atoms with Crippen LogP contribution in [0, 0.1) is 0 Å². The van der Waals surface area contributed by atoms with Gasteiger partial charge in [-0.05, 0) is 30.7 Å². The molecule has 0 bridgehead atoms. The monoisotopic (exact) mass is 205 g/mol. The molecule has 0 radical (unpaired) electrons. The summed E-state index contributed by atoms with van der Waals surface area (Å²) < 4.78 is 5.17. The van der Waals surface area contributed by atoms with Crippen molar-refractivity contribution in [2.45, 2.75) is 18.7 Å². The highest BCUT2D eigenvalue weighted by Gasteiger charge is 2.00. The fourth-order valence-electron chi connectivity index (χ4n) is 0.775. The summed E-state index contributed by atoms with van der Waals surface area (Å²) in [5.74, 6) is 2.69. The van der Waals surface area contributed by atoms with Crippen LogP contribution >= 0.6 is 23.4 Å². The zero-order valence-electron chi connectivity index (χ0n) is 6.92. The Morgan fingerprint density at radius 1 is 1.67 bits per heavy atom. The first-order chi connectivity index (χ1) is 5.68. The highest BCUT2D eigenvalue weighted by Crippen LogP contribution is 2.18. The third kappa shape index (κ3) is 3.52. The van der Waals surface area contributed by atoms with Crippen molar-refractivity contribution in [3.63, 3.8) is 0 Å². The second kappa shape index (κ2) is 4.80. The first-order valence-corrected chi connectivity index (χ1v) is 5.29. The topological polar surface area (TPSA) is 39.2 Å². The first-order valence-electron chi connectivity index (χ1n) is 3.76. The number of thioether (sulfide) groups is 1. The van der Waals surface area contributed by atoms with Crippen molar-refractivity contribution in [2.24, 2.45) is 5.73 Å². The van der Waals surface area contributed by atoms with Gasteiger partial charge in [0, 0.05) is 11.8 Å². The van der Waals surface area contributed by atoms with Crippen LogP contribution in [0.1, 0.15) is 12.7 Å². The summed E-state index contributed by atoms with van der Waals surface area (Å²) >= 11 is 7.35. The first kappa shape index (κ1) is 9.96. The van der Waals surface area contributed by atoms with E-state index in [0.717, 1.165) is 17.3 Å². The van der Waals surface area contributed by atoms with E-state index in [9.17, 15) is 0 Å². The molecule has 0 spiro atoms. The molecule has 2 N–H and O–H groups in total. The van der Waals surface area contributed by atoms with E-state index >= 15 is 0 Å². The summed E-state index contributed by atoms with van der Waals surface area (Å²) in [4.78, 5) is 0. The molecule has 4 heteroatoms. The van der Waals surface area contributed by atoms with Crippen LogP contribution in [0.25, 0.3) is 0 Å². The lowest BCUT2D eigenvalue weighted by atomic mass is 10.4. The quantitative estimate of drug-likeness (QED) is 0.821. The summed E-state index contributed by atoms with van der Waals surface area (Å²) in [5, 5.41) is 0.450. The molecule has 2 nitrogen and oxygen atoms in total. The van der Waals surface area contributed by atoms with Crippen molar-refractivity contribution in [2.75, 3.05) is 5.75 Å². The van der Waals surface area contributed by atoms with Crippen molar-refractivity contribution >= 4 is 23.4 Å². The lowest BCUT2D eigenvalue weighted by molar-refractivity contribution is 0.532. The molecule has 0 aliphatic rings. The third-order valence-corrected chi connectivity index (χ3v) is 2.71. The van der Waals surface area contributed by atoms with Crippen LogP contribution in [0.2, 0.25) is 5.22 Å². The van der Waals surface area contributed by atoms with Crippen LogP contribution in [0.5, 0.6) is 0 Å². The molecule has 0 fully saturated rings. The van der Waals surface area contributed by atoms with E-state index in [4.69, 9.17) is 21.8 Å². The Morgan fingerprint density at radius 2 is 2.42 bits per heavy atom. The number of halogens is 1. The largest absolute Gasteiger partial charge is 0.449 e. The third-order valence-electron chi connectivity index (χ3n) is 1.25. The van der Waals surface area contributed by atoms with Gasteiger partial charge in [0.05, 0.1) is 5.75 Å². The van der Waals surface area contributed by atoms with E-state index in [2.05, 4.69) is 0 Å². The minimum Gasteiger partial charge on any atom is -0.449 e. The molecule has 1 aromatic heterocycles. The van der Waals surface area contributed by atoms with Crippen LogP contribution in [0.15, 0.2) is 16.5 Å². The Hall–Kier alpha value is -0.120. The van der Waals surface area contributed by atoms with Gasteiger partial charge in [0.2, 0.25) is 0 Å². The number of hydrogen-bond donors (Lipinski definition) is 1. The summed E-state index contributed by atoms with van der Waals surface area (Å²) in [6.45, 7) is 1.99. The summed E-state index contributed by atoms with van der Waals surface area (Å²) in [6, 6.07) is 3.88. The highest BCUT2D eigenvalue weighted by atomic mass is 35.5. The normalized spacial score (nSPS) is 13.2. The average Bonchev–Trinajstić information content (AvgIpc) is 2.35. The van der Waals surface area contributed by atoms with Gasteiger partial charge in [0.15, 0.2) is 5.22 Å². The zero-order chi connectivity index (χ0) is 8.97. The summed E-state index contributed by atoms with van der Waals surface area (Å²) in [7, 11) is 0. The molecule has 0 aromatic carbocycles. The van der Waals surface area contributed by atoms with Gasteiger partial charge >= 0.3 is 0 Å². The van der Waals surface area contributed by atoms with Crippen LogP contribution in [0.3, 0.4) is 0 Å². The molecule has 1 atom stereocenters. The molecular formula is C8H12ClNOS. The smallest absolute Gasteiger partial charge is 0.193 e. The maximum atomic E-state index is 5.60. The Balaban J connectivity index is 2.24. The van der Waals surface area contributed by atoms with E-state index < -0.39 is 0 Å².